The van der Waals surface area contributed by atoms with Crippen LogP contribution in [0, 0.1) is 5.92 Å². The third-order valence-corrected chi connectivity index (χ3v) is 4.31. The van der Waals surface area contributed by atoms with Gasteiger partial charge in [-0.15, -0.1) is 0 Å². The molecule has 0 radical (unpaired) electrons. The number of benzene rings is 1. The van der Waals surface area contributed by atoms with Crippen molar-refractivity contribution in [3.8, 4) is 0 Å². The Balaban J connectivity index is 1.95. The van der Waals surface area contributed by atoms with Crippen LogP contribution in [0.4, 0.5) is 11.4 Å². The number of halogens is 1. The smallest absolute Gasteiger partial charge is 0.224 e. The number of nitrogens with one attached hydrogen (secondary N) is 2. The molecule has 0 spiro atoms. The van der Waals surface area contributed by atoms with Crippen LogP contribution in [-0.2, 0) is 9.59 Å². The molecule has 5 heteroatoms. The molecule has 0 aliphatic heterocycles. The standard InChI is InChI=1S/C16H21BrN2O2/c1-11(20)18-14-8-7-13(17)10-15(14)19-16(21)9-6-12-4-2-3-5-12/h7-8,10,12H,2-6,9H2,1H3,(H,18,20)(H,19,21). The lowest BCUT2D eigenvalue weighted by Crippen LogP contribution is -2.15. The van der Waals surface area contributed by atoms with Crippen molar-refractivity contribution in [1.82, 2.24) is 0 Å². The van der Waals surface area contributed by atoms with Crippen molar-refractivity contribution in [2.75, 3.05) is 10.6 Å². The van der Waals surface area contributed by atoms with E-state index in [1.54, 1.807) is 12.1 Å². The highest BCUT2D eigenvalue weighted by Crippen LogP contribution is 2.29. The Labute approximate surface area is 133 Å². The van der Waals surface area contributed by atoms with Gasteiger partial charge in [-0.2, -0.15) is 0 Å². The largest absolute Gasteiger partial charge is 0.325 e. The minimum Gasteiger partial charge on any atom is -0.325 e. The molecule has 0 bridgehead atoms. The Morgan fingerprint density at radius 3 is 2.57 bits per heavy atom. The van der Waals surface area contributed by atoms with E-state index < -0.39 is 0 Å². The van der Waals surface area contributed by atoms with Crippen molar-refractivity contribution in [2.24, 2.45) is 5.92 Å². The van der Waals surface area contributed by atoms with Gasteiger partial charge in [-0.25, -0.2) is 0 Å². The number of carbonyl (C=O) groups excluding carboxylic acids is 2. The van der Waals surface area contributed by atoms with E-state index in [1.165, 1.54) is 32.6 Å². The van der Waals surface area contributed by atoms with Gasteiger partial charge in [0, 0.05) is 17.8 Å². The fraction of sp³-hybridized carbons (Fsp3) is 0.500. The summed E-state index contributed by atoms with van der Waals surface area (Å²) in [6.07, 6.45) is 6.59. The predicted molar refractivity (Wildman–Crippen MR) is 88.3 cm³/mol. The minimum atomic E-state index is -0.154. The Morgan fingerprint density at radius 1 is 1.19 bits per heavy atom. The molecule has 0 heterocycles. The van der Waals surface area contributed by atoms with Gasteiger partial charge in [0.05, 0.1) is 11.4 Å². The van der Waals surface area contributed by atoms with Gasteiger partial charge >= 0.3 is 0 Å². The van der Waals surface area contributed by atoms with Gasteiger partial charge in [-0.05, 0) is 30.5 Å². The molecule has 2 amide bonds. The topological polar surface area (TPSA) is 58.2 Å². The van der Waals surface area contributed by atoms with E-state index in [2.05, 4.69) is 26.6 Å². The zero-order valence-electron chi connectivity index (χ0n) is 12.2. The van der Waals surface area contributed by atoms with E-state index >= 15 is 0 Å². The molecule has 1 aliphatic rings. The highest BCUT2D eigenvalue weighted by molar-refractivity contribution is 9.10. The zero-order chi connectivity index (χ0) is 15.2. The van der Waals surface area contributed by atoms with Gasteiger partial charge in [0.1, 0.15) is 0 Å². The van der Waals surface area contributed by atoms with E-state index in [-0.39, 0.29) is 11.8 Å². The maximum absolute atomic E-state index is 12.1. The summed E-state index contributed by atoms with van der Waals surface area (Å²) in [5, 5.41) is 5.63. The first-order valence-electron chi connectivity index (χ1n) is 7.41. The minimum absolute atomic E-state index is 0.00611. The van der Waals surface area contributed by atoms with Crippen LogP contribution in [0.5, 0.6) is 0 Å². The molecule has 2 rings (SSSR count). The summed E-state index contributed by atoms with van der Waals surface area (Å²) >= 11 is 3.38. The molecule has 0 atom stereocenters. The first-order valence-corrected chi connectivity index (χ1v) is 8.21. The van der Waals surface area contributed by atoms with Gasteiger partial charge < -0.3 is 10.6 Å². The van der Waals surface area contributed by atoms with Crippen molar-refractivity contribution in [2.45, 2.75) is 45.4 Å². The van der Waals surface area contributed by atoms with Gasteiger partial charge in [-0.3, -0.25) is 9.59 Å². The Bertz CT molecular complexity index is 525. The van der Waals surface area contributed by atoms with Crippen molar-refractivity contribution in [1.29, 1.82) is 0 Å². The first-order chi connectivity index (χ1) is 10.0. The van der Waals surface area contributed by atoms with Crippen LogP contribution in [0.1, 0.15) is 45.4 Å². The van der Waals surface area contributed by atoms with Crippen LogP contribution in [-0.4, -0.2) is 11.8 Å². The summed E-state index contributed by atoms with van der Waals surface area (Å²) in [6.45, 7) is 1.45. The number of hydrogen-bond acceptors (Lipinski definition) is 2. The molecule has 114 valence electrons. The maximum Gasteiger partial charge on any atom is 0.224 e. The number of anilines is 2. The molecular formula is C16H21BrN2O2. The molecule has 2 N–H and O–H groups in total. The summed E-state index contributed by atoms with van der Waals surface area (Å²) in [7, 11) is 0. The van der Waals surface area contributed by atoms with Crippen LogP contribution < -0.4 is 10.6 Å². The Hall–Kier alpha value is -1.36. The number of rotatable bonds is 5. The van der Waals surface area contributed by atoms with Crippen LogP contribution in [0.2, 0.25) is 0 Å². The quantitative estimate of drug-likeness (QED) is 0.828. The number of amides is 2. The Kier molecular flexibility index (Phi) is 5.79. The van der Waals surface area contributed by atoms with E-state index in [0.717, 1.165) is 10.9 Å². The summed E-state index contributed by atoms with van der Waals surface area (Å²) in [5.41, 5.74) is 1.26. The average molecular weight is 353 g/mol. The molecule has 1 fully saturated rings. The molecule has 1 aliphatic carbocycles. The van der Waals surface area contributed by atoms with E-state index in [4.69, 9.17) is 0 Å². The van der Waals surface area contributed by atoms with E-state index in [0.29, 0.717) is 23.7 Å². The van der Waals surface area contributed by atoms with Crippen LogP contribution in [0.3, 0.4) is 0 Å². The monoisotopic (exact) mass is 352 g/mol. The van der Waals surface area contributed by atoms with Crippen LogP contribution in [0.15, 0.2) is 22.7 Å². The second-order valence-electron chi connectivity index (χ2n) is 5.61. The molecule has 0 unspecified atom stereocenters. The molecule has 1 aromatic rings. The molecule has 4 nitrogen and oxygen atoms in total. The van der Waals surface area contributed by atoms with Crippen molar-refractivity contribution in [3.05, 3.63) is 22.7 Å². The molecule has 1 aromatic carbocycles. The van der Waals surface area contributed by atoms with Crippen molar-refractivity contribution < 1.29 is 9.59 Å². The average Bonchev–Trinajstić information content (AvgIpc) is 2.92. The summed E-state index contributed by atoms with van der Waals surface area (Å²) in [5.74, 6) is 0.554. The summed E-state index contributed by atoms with van der Waals surface area (Å²) in [6, 6.07) is 5.41. The van der Waals surface area contributed by atoms with Crippen molar-refractivity contribution >= 4 is 39.1 Å². The van der Waals surface area contributed by atoms with E-state index in [9.17, 15) is 9.59 Å². The highest BCUT2D eigenvalue weighted by Gasteiger charge is 2.16. The SMILES string of the molecule is CC(=O)Nc1ccc(Br)cc1NC(=O)CCC1CCCC1. The fourth-order valence-electron chi connectivity index (χ4n) is 2.77. The lowest BCUT2D eigenvalue weighted by molar-refractivity contribution is -0.116. The van der Waals surface area contributed by atoms with E-state index in [1.807, 2.05) is 6.07 Å². The molecule has 1 saturated carbocycles. The molecule has 0 saturated heterocycles. The van der Waals surface area contributed by atoms with Gasteiger partial charge in [0.25, 0.3) is 0 Å². The predicted octanol–water partition coefficient (Wildman–Crippen LogP) is 4.32. The molecule has 21 heavy (non-hydrogen) atoms. The summed E-state index contributed by atoms with van der Waals surface area (Å²) in [4.78, 5) is 23.3. The highest BCUT2D eigenvalue weighted by atomic mass is 79.9. The lowest BCUT2D eigenvalue weighted by atomic mass is 10.0. The van der Waals surface area contributed by atoms with Crippen LogP contribution in [0.25, 0.3) is 0 Å². The normalized spacial score (nSPS) is 15.0. The second-order valence-corrected chi connectivity index (χ2v) is 6.52. The fourth-order valence-corrected chi connectivity index (χ4v) is 3.13. The zero-order valence-corrected chi connectivity index (χ0v) is 13.8. The number of hydrogen-bond donors (Lipinski definition) is 2. The molecule has 0 aromatic heterocycles. The molecular weight excluding hydrogens is 332 g/mol. The number of carbonyl (C=O) groups is 2. The maximum atomic E-state index is 12.1. The van der Waals surface area contributed by atoms with Crippen LogP contribution >= 0.6 is 15.9 Å². The van der Waals surface area contributed by atoms with Gasteiger partial charge in [-0.1, -0.05) is 41.6 Å². The Morgan fingerprint density at radius 2 is 1.90 bits per heavy atom. The second kappa shape index (κ2) is 7.59. The first kappa shape index (κ1) is 16.0. The third kappa shape index (κ3) is 5.16. The summed E-state index contributed by atoms with van der Waals surface area (Å²) < 4.78 is 0.864. The third-order valence-electron chi connectivity index (χ3n) is 3.82. The van der Waals surface area contributed by atoms with Gasteiger partial charge in [0.2, 0.25) is 11.8 Å². The van der Waals surface area contributed by atoms with Crippen molar-refractivity contribution in [3.63, 3.8) is 0 Å². The lowest BCUT2D eigenvalue weighted by Gasteiger charge is -2.13. The van der Waals surface area contributed by atoms with Gasteiger partial charge in [0.15, 0.2) is 0 Å².